The molecule has 6 nitrogen and oxygen atoms in total. The zero-order valence-electron chi connectivity index (χ0n) is 12.7. The Labute approximate surface area is 125 Å². The molecule has 0 aliphatic carbocycles. The van der Waals surface area contributed by atoms with Crippen LogP contribution < -0.4 is 10.6 Å². The van der Waals surface area contributed by atoms with Gasteiger partial charge in [0.1, 0.15) is 5.82 Å². The Hall–Kier alpha value is -1.95. The fourth-order valence-corrected chi connectivity index (χ4v) is 3.06. The lowest BCUT2D eigenvalue weighted by atomic mass is 10.0. The van der Waals surface area contributed by atoms with Crippen LogP contribution >= 0.6 is 0 Å². The predicted octanol–water partition coefficient (Wildman–Crippen LogP) is 1.28. The van der Waals surface area contributed by atoms with Crippen molar-refractivity contribution >= 4 is 5.82 Å². The first-order chi connectivity index (χ1) is 10.3. The minimum absolute atomic E-state index is 0.506. The number of anilines is 1. The molecule has 2 aromatic heterocycles. The van der Waals surface area contributed by atoms with E-state index in [1.807, 2.05) is 12.4 Å². The number of fused-ring (bicyclic) bond motifs is 1. The SMILES string of the molecule is CCc1nnc(N2CCn3ccnc3C2)c(CN)c1CC. The van der Waals surface area contributed by atoms with Crippen LogP contribution in [0.4, 0.5) is 5.82 Å². The predicted molar refractivity (Wildman–Crippen MR) is 82.0 cm³/mol. The van der Waals surface area contributed by atoms with Gasteiger partial charge in [-0.3, -0.25) is 0 Å². The van der Waals surface area contributed by atoms with E-state index >= 15 is 0 Å². The van der Waals surface area contributed by atoms with E-state index in [1.165, 1.54) is 5.56 Å². The summed E-state index contributed by atoms with van der Waals surface area (Å²) in [4.78, 5) is 6.65. The lowest BCUT2D eigenvalue weighted by Gasteiger charge is -2.30. The number of hydrogen-bond donors (Lipinski definition) is 1. The summed E-state index contributed by atoms with van der Waals surface area (Å²) in [5.41, 5.74) is 9.49. The van der Waals surface area contributed by atoms with Crippen LogP contribution in [0.2, 0.25) is 0 Å². The highest BCUT2D eigenvalue weighted by Crippen LogP contribution is 2.26. The van der Waals surface area contributed by atoms with Crippen molar-refractivity contribution in [1.82, 2.24) is 19.7 Å². The fourth-order valence-electron chi connectivity index (χ4n) is 3.06. The highest BCUT2D eigenvalue weighted by molar-refractivity contribution is 5.51. The van der Waals surface area contributed by atoms with Crippen LogP contribution in [0.15, 0.2) is 12.4 Å². The zero-order chi connectivity index (χ0) is 14.8. The molecule has 0 amide bonds. The highest BCUT2D eigenvalue weighted by Gasteiger charge is 2.22. The second-order valence-electron chi connectivity index (χ2n) is 5.30. The van der Waals surface area contributed by atoms with Gasteiger partial charge in [0.25, 0.3) is 0 Å². The number of aryl methyl sites for hydroxylation is 1. The van der Waals surface area contributed by atoms with E-state index in [-0.39, 0.29) is 0 Å². The van der Waals surface area contributed by atoms with Crippen molar-refractivity contribution in [2.45, 2.75) is 46.3 Å². The number of aromatic nitrogens is 4. The van der Waals surface area contributed by atoms with Gasteiger partial charge in [-0.15, -0.1) is 5.10 Å². The lowest BCUT2D eigenvalue weighted by molar-refractivity contribution is 0.551. The third-order valence-corrected chi connectivity index (χ3v) is 4.18. The molecule has 2 aromatic rings. The summed E-state index contributed by atoms with van der Waals surface area (Å²) in [5, 5.41) is 8.89. The molecule has 2 N–H and O–H groups in total. The molecule has 0 aromatic carbocycles. The van der Waals surface area contributed by atoms with Crippen LogP contribution in [0.25, 0.3) is 0 Å². The highest BCUT2D eigenvalue weighted by atomic mass is 15.3. The molecule has 0 bridgehead atoms. The first-order valence-corrected chi connectivity index (χ1v) is 7.60. The minimum atomic E-state index is 0.506. The number of hydrogen-bond acceptors (Lipinski definition) is 5. The summed E-state index contributed by atoms with van der Waals surface area (Å²) in [5.74, 6) is 2.00. The summed E-state index contributed by atoms with van der Waals surface area (Å²) in [6.07, 6.45) is 5.72. The average Bonchev–Trinajstić information content (AvgIpc) is 3.00. The van der Waals surface area contributed by atoms with Gasteiger partial charge in [-0.2, -0.15) is 5.10 Å². The number of imidazole rings is 1. The Bertz CT molecular complexity index is 633. The Morgan fingerprint density at radius 2 is 2.00 bits per heavy atom. The van der Waals surface area contributed by atoms with E-state index in [0.29, 0.717) is 6.54 Å². The molecule has 112 valence electrons. The number of nitrogens with zero attached hydrogens (tertiary/aromatic N) is 5. The molecule has 0 fully saturated rings. The summed E-state index contributed by atoms with van der Waals surface area (Å²) in [7, 11) is 0. The monoisotopic (exact) mass is 286 g/mol. The van der Waals surface area contributed by atoms with Crippen molar-refractivity contribution in [3.63, 3.8) is 0 Å². The van der Waals surface area contributed by atoms with E-state index in [0.717, 1.165) is 55.4 Å². The van der Waals surface area contributed by atoms with Gasteiger partial charge in [-0.25, -0.2) is 4.98 Å². The molecule has 0 spiro atoms. The second kappa shape index (κ2) is 5.81. The van der Waals surface area contributed by atoms with E-state index < -0.39 is 0 Å². The molecular formula is C15H22N6. The average molecular weight is 286 g/mol. The van der Waals surface area contributed by atoms with E-state index in [1.54, 1.807) is 0 Å². The topological polar surface area (TPSA) is 72.9 Å². The summed E-state index contributed by atoms with van der Waals surface area (Å²) in [6.45, 7) is 7.38. The summed E-state index contributed by atoms with van der Waals surface area (Å²) < 4.78 is 2.19. The molecule has 1 aliphatic heterocycles. The Morgan fingerprint density at radius 3 is 2.71 bits per heavy atom. The van der Waals surface area contributed by atoms with Crippen LogP contribution in [0.3, 0.4) is 0 Å². The van der Waals surface area contributed by atoms with E-state index in [9.17, 15) is 0 Å². The van der Waals surface area contributed by atoms with Crippen molar-refractivity contribution in [3.8, 4) is 0 Å². The Balaban J connectivity index is 1.99. The van der Waals surface area contributed by atoms with Crippen molar-refractivity contribution < 1.29 is 0 Å². The van der Waals surface area contributed by atoms with Crippen LogP contribution in [0, 0.1) is 0 Å². The largest absolute Gasteiger partial charge is 0.346 e. The van der Waals surface area contributed by atoms with Gasteiger partial charge in [-0.1, -0.05) is 13.8 Å². The third-order valence-electron chi connectivity index (χ3n) is 4.18. The first-order valence-electron chi connectivity index (χ1n) is 7.60. The van der Waals surface area contributed by atoms with Crippen molar-refractivity contribution in [2.75, 3.05) is 11.4 Å². The molecular weight excluding hydrogens is 264 g/mol. The molecule has 3 heterocycles. The molecule has 0 saturated heterocycles. The van der Waals surface area contributed by atoms with Crippen molar-refractivity contribution in [3.05, 3.63) is 35.0 Å². The van der Waals surface area contributed by atoms with Gasteiger partial charge in [0.2, 0.25) is 0 Å². The maximum Gasteiger partial charge on any atom is 0.156 e. The van der Waals surface area contributed by atoms with Gasteiger partial charge in [0.15, 0.2) is 5.82 Å². The van der Waals surface area contributed by atoms with Crippen LogP contribution in [-0.2, 0) is 32.5 Å². The molecule has 6 heteroatoms. The van der Waals surface area contributed by atoms with Gasteiger partial charge < -0.3 is 15.2 Å². The summed E-state index contributed by atoms with van der Waals surface area (Å²) >= 11 is 0. The van der Waals surface area contributed by atoms with Crippen LogP contribution in [0.5, 0.6) is 0 Å². The van der Waals surface area contributed by atoms with Gasteiger partial charge in [0, 0.05) is 37.6 Å². The van der Waals surface area contributed by atoms with Crippen molar-refractivity contribution in [2.24, 2.45) is 5.73 Å². The van der Waals surface area contributed by atoms with Gasteiger partial charge >= 0.3 is 0 Å². The van der Waals surface area contributed by atoms with Crippen molar-refractivity contribution in [1.29, 1.82) is 0 Å². The second-order valence-corrected chi connectivity index (χ2v) is 5.30. The zero-order valence-corrected chi connectivity index (χ0v) is 12.7. The molecule has 0 unspecified atom stereocenters. The standard InChI is InChI=1S/C15H22N6/c1-3-11-12(9-16)15(19-18-13(11)4-2)21-8-7-20-6-5-17-14(20)10-21/h5-6H,3-4,7-10,16H2,1-2H3. The first kappa shape index (κ1) is 14.0. The fraction of sp³-hybridized carbons (Fsp3) is 0.533. The summed E-state index contributed by atoms with van der Waals surface area (Å²) in [6, 6.07) is 0. The molecule has 3 rings (SSSR count). The number of rotatable bonds is 4. The number of nitrogens with two attached hydrogens (primary N) is 1. The Morgan fingerprint density at radius 1 is 1.14 bits per heavy atom. The maximum atomic E-state index is 6.02. The smallest absolute Gasteiger partial charge is 0.156 e. The normalized spacial score (nSPS) is 14.3. The van der Waals surface area contributed by atoms with Gasteiger partial charge in [-0.05, 0) is 18.4 Å². The minimum Gasteiger partial charge on any atom is -0.346 e. The molecule has 0 saturated carbocycles. The molecule has 21 heavy (non-hydrogen) atoms. The molecule has 0 radical (unpaired) electrons. The molecule has 1 aliphatic rings. The molecule has 0 atom stereocenters. The van der Waals surface area contributed by atoms with Gasteiger partial charge in [0.05, 0.1) is 12.2 Å². The van der Waals surface area contributed by atoms with Crippen LogP contribution in [-0.4, -0.2) is 26.3 Å². The van der Waals surface area contributed by atoms with Crippen LogP contribution in [0.1, 0.15) is 36.5 Å². The quantitative estimate of drug-likeness (QED) is 0.916. The van der Waals surface area contributed by atoms with E-state index in [2.05, 4.69) is 38.5 Å². The third kappa shape index (κ3) is 2.40. The maximum absolute atomic E-state index is 6.02. The van der Waals surface area contributed by atoms with E-state index in [4.69, 9.17) is 5.73 Å². The lowest BCUT2D eigenvalue weighted by Crippen LogP contribution is -2.35. The Kier molecular flexibility index (Phi) is 3.88.